The van der Waals surface area contributed by atoms with Crippen LogP contribution in [0.3, 0.4) is 0 Å². The van der Waals surface area contributed by atoms with Crippen molar-refractivity contribution in [3.8, 4) is 50.4 Å². The summed E-state index contributed by atoms with van der Waals surface area (Å²) >= 11 is 5.79. The predicted octanol–water partition coefficient (Wildman–Crippen LogP) is 21.9. The summed E-state index contributed by atoms with van der Waals surface area (Å²) in [6.07, 6.45) is 11.4. The largest absolute Gasteiger partial charge is 0.481 e. The van der Waals surface area contributed by atoms with Crippen molar-refractivity contribution in [2.45, 2.75) is 132 Å². The number of amides is 4. The highest BCUT2D eigenvalue weighted by Gasteiger charge is 2.23. The number of nitrogen functional groups attached to an aromatic ring is 1. The number of nitrogens with zero attached hydrogens (tertiary/aromatic N) is 8. The van der Waals surface area contributed by atoms with Crippen molar-refractivity contribution in [3.63, 3.8) is 0 Å². The number of anilines is 5. The third kappa shape index (κ3) is 25.8. The SMILES string of the molecule is CCC(=O)N(C)c1ccc(-c2ccc(C(=O)CCc3ccc(Cl)nc3)c(C)c2)cc1F.CCC(=O)N(C)c1ccc(-c2ccc(C(=O)CCc3ccc(F)nc3)c(C)c2)cc1F.CCC(=O)N(C)c1ccc(-c2ccc(C(=O)CCc3ccc(N)nc3)c(C)c2)cc1F.CCC(=O)N(C)c1ccc(-c2ccc(C(=O)CCc3ccc(OC)nc3)c(C)c2)cc1F. The standard InChI is InChI=1S/C26H27FN2O3.C25H24ClFN2O2.C25H24F2N2O2.C25H26FN3O2/c1-5-26(31)29(3)23-11-9-20(15-22(23)27)19-8-10-21(17(2)14-19)24(30)12-6-18-7-13-25(32-4)28-16-18;1-4-25(31)29(3)22-10-8-19(14-21(22)27)18-7-9-20(16(2)13-18)23(30)11-5-17-6-12-24(26)28-15-17;2*1-4-25(31)29(3)22-10-8-19(14-21(22)26)18-7-9-20(16(2)13-18)23(30)11-5-17-6-12-24(27)28-15-17/h7-11,13-16H,5-6,12H2,1-4H3;2*6-10,12-15H,4-5,11H2,1-3H3;6-10,12-15H,4-5,11H2,1-3H3,(H2,27,28). The van der Waals surface area contributed by atoms with Crippen LogP contribution in [0.15, 0.2) is 219 Å². The quantitative estimate of drug-likeness (QED) is 0.0261. The number of carbonyl (C=O) groups excluding carboxylic acids is 8. The first-order valence-corrected chi connectivity index (χ1v) is 41.3. The number of pyridine rings is 4. The van der Waals surface area contributed by atoms with Crippen molar-refractivity contribution < 1.29 is 65.0 Å². The number of ketones is 4. The minimum Gasteiger partial charge on any atom is -0.481 e. The molecule has 646 valence electrons. The molecule has 4 heterocycles. The van der Waals surface area contributed by atoms with Crippen molar-refractivity contribution in [1.82, 2.24) is 19.9 Å². The van der Waals surface area contributed by atoms with Crippen molar-refractivity contribution in [3.05, 3.63) is 320 Å². The van der Waals surface area contributed by atoms with Gasteiger partial charge in [-0.05, 0) is 209 Å². The molecule has 4 aromatic heterocycles. The molecule has 18 nitrogen and oxygen atoms in total. The maximum Gasteiger partial charge on any atom is 0.226 e. The fourth-order valence-corrected chi connectivity index (χ4v) is 14.0. The van der Waals surface area contributed by atoms with Crippen LogP contribution in [-0.4, -0.2) is 102 Å². The van der Waals surface area contributed by atoms with Gasteiger partial charge >= 0.3 is 0 Å². The summed E-state index contributed by atoms with van der Waals surface area (Å²) in [6, 6.07) is 54.7. The van der Waals surface area contributed by atoms with E-state index in [-0.39, 0.29) is 75.9 Å². The van der Waals surface area contributed by atoms with E-state index in [0.717, 1.165) is 66.8 Å². The fraction of sp³-hybridized carbons (Fsp3) is 0.248. The highest BCUT2D eigenvalue weighted by atomic mass is 35.5. The number of carbonyl (C=O) groups is 8. The van der Waals surface area contributed by atoms with Crippen LogP contribution in [0.5, 0.6) is 5.88 Å². The third-order valence-electron chi connectivity index (χ3n) is 21.4. The number of Topliss-reactive ketones (excluding diaryl/α,β-unsaturated/α-hetero) is 4. The van der Waals surface area contributed by atoms with Crippen LogP contribution in [0.2, 0.25) is 5.15 Å². The maximum absolute atomic E-state index is 14.6. The second-order valence-electron chi connectivity index (χ2n) is 30.0. The zero-order valence-corrected chi connectivity index (χ0v) is 73.1. The minimum absolute atomic E-state index is 0.0189. The van der Waals surface area contributed by atoms with Crippen molar-refractivity contribution in [2.24, 2.45) is 0 Å². The normalized spacial score (nSPS) is 10.7. The number of hydrogen-bond acceptors (Lipinski definition) is 14. The first-order chi connectivity index (χ1) is 59.7. The Hall–Kier alpha value is -13.5. The van der Waals surface area contributed by atoms with Crippen LogP contribution in [0.1, 0.15) is 165 Å². The predicted molar refractivity (Wildman–Crippen MR) is 485 cm³/mol. The number of ether oxygens (including phenoxy) is 1. The zero-order valence-electron chi connectivity index (χ0n) is 72.4. The Morgan fingerprint density at radius 3 is 0.808 bits per heavy atom. The van der Waals surface area contributed by atoms with Crippen molar-refractivity contribution >= 4 is 86.9 Å². The van der Waals surface area contributed by atoms with Gasteiger partial charge in [0.1, 0.15) is 34.2 Å². The van der Waals surface area contributed by atoms with Gasteiger partial charge < -0.3 is 30.1 Å². The van der Waals surface area contributed by atoms with Gasteiger partial charge in [-0.3, -0.25) is 38.4 Å². The molecule has 0 saturated carbocycles. The van der Waals surface area contributed by atoms with E-state index < -0.39 is 29.2 Å². The minimum atomic E-state index is -0.547. The van der Waals surface area contributed by atoms with Gasteiger partial charge in [0.25, 0.3) is 0 Å². The Balaban J connectivity index is 0.000000189. The topological polar surface area (TPSA) is 236 Å². The van der Waals surface area contributed by atoms with E-state index in [1.807, 2.05) is 88.4 Å². The zero-order chi connectivity index (χ0) is 90.9. The Morgan fingerprint density at radius 1 is 0.328 bits per heavy atom. The van der Waals surface area contributed by atoms with E-state index in [2.05, 4.69) is 19.9 Å². The van der Waals surface area contributed by atoms with E-state index in [4.69, 9.17) is 22.1 Å². The van der Waals surface area contributed by atoms with E-state index in [9.17, 15) is 60.3 Å². The van der Waals surface area contributed by atoms with Gasteiger partial charge in [0.05, 0.1) is 29.9 Å². The van der Waals surface area contributed by atoms with Crippen LogP contribution in [-0.2, 0) is 44.9 Å². The molecule has 4 amide bonds. The summed E-state index contributed by atoms with van der Waals surface area (Å²) in [4.78, 5) is 119. The summed E-state index contributed by atoms with van der Waals surface area (Å²) in [5, 5.41) is 0.426. The molecule has 125 heavy (non-hydrogen) atoms. The molecule has 0 fully saturated rings. The molecule has 0 bridgehead atoms. The number of halogens is 6. The van der Waals surface area contributed by atoms with Crippen molar-refractivity contribution in [2.75, 3.05) is 60.6 Å². The lowest BCUT2D eigenvalue weighted by atomic mass is 9.95. The van der Waals surface area contributed by atoms with Gasteiger partial charge in [-0.1, -0.05) is 161 Å². The van der Waals surface area contributed by atoms with E-state index in [1.165, 1.54) is 56.1 Å². The molecule has 0 aliphatic rings. The molecule has 0 aliphatic carbocycles. The second-order valence-corrected chi connectivity index (χ2v) is 30.4. The maximum atomic E-state index is 14.6. The average Bonchev–Trinajstić information content (AvgIpc) is 0.819. The molecule has 12 rings (SSSR count). The lowest BCUT2D eigenvalue weighted by Crippen LogP contribution is -2.25. The number of benzene rings is 8. The van der Waals surface area contributed by atoms with Gasteiger partial charge in [-0.15, -0.1) is 0 Å². The smallest absolute Gasteiger partial charge is 0.226 e. The number of aryl methyl sites for hydroxylation is 8. The Kier molecular flexibility index (Phi) is 34.3. The van der Waals surface area contributed by atoms with Gasteiger partial charge in [-0.2, -0.15) is 4.39 Å². The third-order valence-corrected chi connectivity index (χ3v) is 21.6. The Bertz CT molecular complexity index is 5470. The average molecular weight is 1720 g/mol. The molecule has 2 N–H and O–H groups in total. The van der Waals surface area contributed by atoms with Gasteiger partial charge in [0.15, 0.2) is 23.1 Å². The Labute approximate surface area is 731 Å². The number of aromatic nitrogens is 4. The number of hydrogen-bond donors (Lipinski definition) is 1. The van der Waals surface area contributed by atoms with Crippen LogP contribution >= 0.6 is 11.6 Å². The molecule has 0 spiro atoms. The Morgan fingerprint density at radius 2 is 0.584 bits per heavy atom. The van der Waals surface area contributed by atoms with Crippen LogP contribution < -0.4 is 30.1 Å². The van der Waals surface area contributed by atoms with Gasteiger partial charge in [0, 0.05) is 133 Å². The molecular formula is C101H101ClF5N9O9. The molecule has 0 unspecified atom stereocenters. The van der Waals surface area contributed by atoms with Crippen LogP contribution in [0.25, 0.3) is 44.5 Å². The van der Waals surface area contributed by atoms with E-state index in [1.54, 1.807) is 185 Å². The number of methoxy groups -OCH3 is 1. The van der Waals surface area contributed by atoms with E-state index in [0.29, 0.717) is 132 Å². The van der Waals surface area contributed by atoms with Gasteiger partial charge in [-0.25, -0.2) is 37.5 Å². The highest BCUT2D eigenvalue weighted by molar-refractivity contribution is 6.29. The highest BCUT2D eigenvalue weighted by Crippen LogP contribution is 2.35. The second kappa shape index (κ2) is 45.0. The van der Waals surface area contributed by atoms with E-state index >= 15 is 0 Å². The van der Waals surface area contributed by atoms with Crippen LogP contribution in [0.4, 0.5) is 50.5 Å². The summed E-state index contributed by atoms with van der Waals surface area (Å²) in [7, 11) is 7.81. The first kappa shape index (κ1) is 95.3. The number of nitrogens with two attached hydrogens (primary N) is 1. The van der Waals surface area contributed by atoms with Crippen molar-refractivity contribution in [1.29, 1.82) is 0 Å². The molecule has 0 radical (unpaired) electrons. The lowest BCUT2D eigenvalue weighted by molar-refractivity contribution is -0.118. The molecule has 12 aromatic rings. The molecule has 0 atom stereocenters. The molecule has 24 heteroatoms. The van der Waals surface area contributed by atoms with Crippen LogP contribution in [0, 0.1) is 56.9 Å². The monoisotopic (exact) mass is 1710 g/mol. The van der Waals surface area contributed by atoms with Gasteiger partial charge in [0.2, 0.25) is 35.5 Å². The summed E-state index contributed by atoms with van der Waals surface area (Å²) < 4.78 is 76.4. The molecule has 8 aromatic carbocycles. The number of rotatable bonds is 29. The summed E-state index contributed by atoms with van der Waals surface area (Å²) in [5.41, 5.74) is 22.0. The lowest BCUT2D eigenvalue weighted by Gasteiger charge is -2.18. The molecule has 0 aliphatic heterocycles. The fourth-order valence-electron chi connectivity index (χ4n) is 13.9. The summed E-state index contributed by atoms with van der Waals surface area (Å²) in [6.45, 7) is 14.4. The molecular weight excluding hydrogens is 1610 g/mol. The first-order valence-electron chi connectivity index (χ1n) is 40.9. The summed E-state index contributed by atoms with van der Waals surface area (Å²) in [5.74, 6) is -1.92. The molecule has 0 saturated heterocycles.